The average Bonchev–Trinajstić information content (AvgIpc) is 2.25. The van der Waals surface area contributed by atoms with E-state index in [1.807, 2.05) is 0 Å². The molecular weight excluding hydrogens is 202 g/mol. The van der Waals surface area contributed by atoms with E-state index >= 15 is 0 Å². The maximum atomic E-state index is 11.4. The third-order valence-corrected chi connectivity index (χ3v) is 1.99. The molecule has 0 aromatic rings. The predicted octanol–water partition coefficient (Wildman–Crippen LogP) is -2.94. The van der Waals surface area contributed by atoms with Crippen molar-refractivity contribution in [3.8, 4) is 6.07 Å². The SMILES string of the molecule is CC(N)(C#N)C(=O)NC(CO)(CO)CO. The number of nitrogens with zero attached hydrogens (tertiary/aromatic N) is 1. The molecule has 7 heteroatoms. The number of hydrogen-bond acceptors (Lipinski definition) is 6. The summed E-state index contributed by atoms with van der Waals surface area (Å²) < 4.78 is 0. The third-order valence-electron chi connectivity index (χ3n) is 1.99. The van der Waals surface area contributed by atoms with Gasteiger partial charge in [-0.15, -0.1) is 0 Å². The number of aliphatic hydroxyl groups is 3. The summed E-state index contributed by atoms with van der Waals surface area (Å²) in [6.45, 7) is -0.799. The molecule has 0 fully saturated rings. The summed E-state index contributed by atoms with van der Waals surface area (Å²) in [4.78, 5) is 11.4. The van der Waals surface area contributed by atoms with Crippen LogP contribution in [0.25, 0.3) is 0 Å². The molecule has 15 heavy (non-hydrogen) atoms. The van der Waals surface area contributed by atoms with E-state index in [0.717, 1.165) is 0 Å². The smallest absolute Gasteiger partial charge is 0.255 e. The molecule has 7 nitrogen and oxygen atoms in total. The van der Waals surface area contributed by atoms with Gasteiger partial charge in [0.25, 0.3) is 5.91 Å². The number of carbonyl (C=O) groups excluding carboxylic acids is 1. The summed E-state index contributed by atoms with van der Waals surface area (Å²) >= 11 is 0. The highest BCUT2D eigenvalue weighted by Crippen LogP contribution is 2.05. The lowest BCUT2D eigenvalue weighted by molar-refractivity contribution is -0.128. The first-order valence-corrected chi connectivity index (χ1v) is 4.23. The molecule has 0 aromatic heterocycles. The van der Waals surface area contributed by atoms with Gasteiger partial charge in [0.2, 0.25) is 0 Å². The van der Waals surface area contributed by atoms with Gasteiger partial charge in [-0.2, -0.15) is 5.26 Å². The molecule has 1 amide bonds. The van der Waals surface area contributed by atoms with Crippen molar-refractivity contribution in [2.75, 3.05) is 19.8 Å². The molecule has 6 N–H and O–H groups in total. The highest BCUT2D eigenvalue weighted by Gasteiger charge is 2.36. The Bertz CT molecular complexity index is 259. The first-order valence-electron chi connectivity index (χ1n) is 4.23. The number of nitrogens with one attached hydrogen (secondary N) is 1. The second-order valence-electron chi connectivity index (χ2n) is 3.52. The van der Waals surface area contributed by atoms with Gasteiger partial charge in [0, 0.05) is 0 Å². The van der Waals surface area contributed by atoms with Gasteiger partial charge in [-0.1, -0.05) is 0 Å². The van der Waals surface area contributed by atoms with Crippen LogP contribution in [0.4, 0.5) is 0 Å². The van der Waals surface area contributed by atoms with Gasteiger partial charge < -0.3 is 26.4 Å². The number of amides is 1. The van der Waals surface area contributed by atoms with Crippen molar-refractivity contribution in [2.45, 2.75) is 18.0 Å². The molecule has 1 atom stereocenters. The molecule has 1 unspecified atom stereocenters. The Hall–Kier alpha value is -1.20. The van der Waals surface area contributed by atoms with E-state index in [1.54, 1.807) is 6.07 Å². The number of hydrogen-bond donors (Lipinski definition) is 5. The normalized spacial score (nSPS) is 15.2. The molecule has 0 spiro atoms. The molecule has 0 bridgehead atoms. The van der Waals surface area contributed by atoms with E-state index in [0.29, 0.717) is 0 Å². The lowest BCUT2D eigenvalue weighted by atomic mass is 9.99. The second kappa shape index (κ2) is 5.04. The van der Waals surface area contributed by atoms with Crippen LogP contribution in [-0.2, 0) is 4.79 Å². The number of rotatable bonds is 5. The molecule has 0 aliphatic heterocycles. The zero-order valence-corrected chi connectivity index (χ0v) is 8.40. The Morgan fingerprint density at radius 2 is 1.80 bits per heavy atom. The summed E-state index contributed by atoms with van der Waals surface area (Å²) in [6.07, 6.45) is 0. The average molecular weight is 217 g/mol. The van der Waals surface area contributed by atoms with Crippen molar-refractivity contribution in [1.29, 1.82) is 5.26 Å². The zero-order chi connectivity index (χ0) is 12.1. The van der Waals surface area contributed by atoms with Gasteiger partial charge in [-0.05, 0) is 6.92 Å². The van der Waals surface area contributed by atoms with Crippen LogP contribution in [0.1, 0.15) is 6.92 Å². The summed E-state index contributed by atoms with van der Waals surface area (Å²) in [7, 11) is 0. The first-order chi connectivity index (χ1) is 6.87. The molecule has 0 aromatic carbocycles. The lowest BCUT2D eigenvalue weighted by Gasteiger charge is -2.30. The van der Waals surface area contributed by atoms with E-state index in [2.05, 4.69) is 5.32 Å². The number of nitrogens with two attached hydrogens (primary N) is 1. The minimum absolute atomic E-state index is 0.659. The summed E-state index contributed by atoms with van der Waals surface area (Å²) in [5.74, 6) is -0.873. The quantitative estimate of drug-likeness (QED) is 0.334. The molecule has 0 aliphatic carbocycles. The standard InChI is InChI=1S/C8H15N3O4/c1-7(10,2-9)6(15)11-8(3-12,4-13)5-14/h12-14H,3-5,10H2,1H3,(H,11,15). The lowest BCUT2D eigenvalue weighted by Crippen LogP contribution is -2.63. The van der Waals surface area contributed by atoms with E-state index in [1.165, 1.54) is 6.92 Å². The number of carbonyl (C=O) groups is 1. The third kappa shape index (κ3) is 3.14. The van der Waals surface area contributed by atoms with Crippen LogP contribution in [0, 0.1) is 11.3 Å². The fourth-order valence-electron chi connectivity index (χ4n) is 0.690. The van der Waals surface area contributed by atoms with Crippen molar-refractivity contribution in [2.24, 2.45) is 5.73 Å². The van der Waals surface area contributed by atoms with Crippen LogP contribution < -0.4 is 11.1 Å². The predicted molar refractivity (Wildman–Crippen MR) is 50.3 cm³/mol. The van der Waals surface area contributed by atoms with Crippen LogP contribution in [0.3, 0.4) is 0 Å². The van der Waals surface area contributed by atoms with E-state index in [4.69, 9.17) is 26.3 Å². The Morgan fingerprint density at radius 3 is 2.07 bits per heavy atom. The van der Waals surface area contributed by atoms with Gasteiger partial charge in [0.15, 0.2) is 5.54 Å². The molecule has 0 aliphatic rings. The van der Waals surface area contributed by atoms with Gasteiger partial charge >= 0.3 is 0 Å². The van der Waals surface area contributed by atoms with Gasteiger partial charge in [-0.25, -0.2) is 0 Å². The van der Waals surface area contributed by atoms with Crippen molar-refractivity contribution < 1.29 is 20.1 Å². The summed E-state index contributed by atoms with van der Waals surface area (Å²) in [5, 5.41) is 37.4. The Labute approximate surface area is 87.1 Å². The molecule has 0 heterocycles. The molecule has 0 saturated carbocycles. The Morgan fingerprint density at radius 1 is 1.40 bits per heavy atom. The maximum Gasteiger partial charge on any atom is 0.255 e. The molecule has 0 saturated heterocycles. The molecule has 0 rings (SSSR count). The highest BCUT2D eigenvalue weighted by atomic mass is 16.3. The topological polar surface area (TPSA) is 140 Å². The van der Waals surface area contributed by atoms with E-state index in [9.17, 15) is 4.79 Å². The monoisotopic (exact) mass is 217 g/mol. The zero-order valence-electron chi connectivity index (χ0n) is 8.40. The van der Waals surface area contributed by atoms with Crippen LogP contribution in [0.15, 0.2) is 0 Å². The minimum Gasteiger partial charge on any atom is -0.394 e. The van der Waals surface area contributed by atoms with Crippen molar-refractivity contribution >= 4 is 5.91 Å². The highest BCUT2D eigenvalue weighted by molar-refractivity contribution is 5.89. The number of aliphatic hydroxyl groups excluding tert-OH is 3. The van der Waals surface area contributed by atoms with Crippen LogP contribution >= 0.6 is 0 Å². The summed E-state index contributed by atoms with van der Waals surface area (Å²) in [6, 6.07) is 1.56. The van der Waals surface area contributed by atoms with E-state index < -0.39 is 36.8 Å². The fourth-order valence-corrected chi connectivity index (χ4v) is 0.690. The maximum absolute atomic E-state index is 11.4. The van der Waals surface area contributed by atoms with Gasteiger partial charge in [-0.3, -0.25) is 4.79 Å². The number of nitriles is 1. The van der Waals surface area contributed by atoms with Crippen LogP contribution in [0.2, 0.25) is 0 Å². The Kier molecular flexibility index (Phi) is 4.64. The van der Waals surface area contributed by atoms with Gasteiger partial charge in [0.1, 0.15) is 5.54 Å². The molecule has 0 radical (unpaired) electrons. The van der Waals surface area contributed by atoms with Crippen LogP contribution in [0.5, 0.6) is 0 Å². The van der Waals surface area contributed by atoms with Crippen LogP contribution in [-0.4, -0.2) is 52.1 Å². The van der Waals surface area contributed by atoms with E-state index in [-0.39, 0.29) is 0 Å². The Balaban J connectivity index is 4.72. The van der Waals surface area contributed by atoms with Crippen molar-refractivity contribution in [3.63, 3.8) is 0 Å². The summed E-state index contributed by atoms with van der Waals surface area (Å²) in [5.41, 5.74) is 1.98. The molecule has 86 valence electrons. The van der Waals surface area contributed by atoms with Crippen molar-refractivity contribution in [1.82, 2.24) is 5.32 Å². The second-order valence-corrected chi connectivity index (χ2v) is 3.52. The molecular formula is C8H15N3O4. The van der Waals surface area contributed by atoms with Gasteiger partial charge in [0.05, 0.1) is 25.9 Å². The first kappa shape index (κ1) is 13.8. The minimum atomic E-state index is -1.77. The fraction of sp³-hybridized carbons (Fsp3) is 0.750. The van der Waals surface area contributed by atoms with Crippen molar-refractivity contribution in [3.05, 3.63) is 0 Å². The largest absolute Gasteiger partial charge is 0.394 e.